The molecule has 0 saturated heterocycles. The van der Waals surface area contributed by atoms with E-state index in [1.54, 1.807) is 11.3 Å². The molecule has 4 heterocycles. The molecule has 0 saturated carbocycles. The van der Waals surface area contributed by atoms with Crippen molar-refractivity contribution in [1.29, 1.82) is 0 Å². The first-order chi connectivity index (χ1) is 28.3. The van der Waals surface area contributed by atoms with Crippen LogP contribution >= 0.6 is 11.3 Å². The fourth-order valence-electron chi connectivity index (χ4n) is 8.84. The Hall–Kier alpha value is -7.34. The van der Waals surface area contributed by atoms with Crippen LogP contribution in [0.15, 0.2) is 194 Å². The van der Waals surface area contributed by atoms with Gasteiger partial charge in [-0.25, -0.2) is 9.97 Å². The molecule has 0 aliphatic heterocycles. The highest BCUT2D eigenvalue weighted by Crippen LogP contribution is 2.44. The van der Waals surface area contributed by atoms with Gasteiger partial charge in [0.25, 0.3) is 0 Å². The lowest BCUT2D eigenvalue weighted by Gasteiger charge is -2.10. The largest absolute Gasteiger partial charge is 0.309 e. The van der Waals surface area contributed by atoms with Crippen LogP contribution in [0.3, 0.4) is 0 Å². The van der Waals surface area contributed by atoms with E-state index in [9.17, 15) is 0 Å². The highest BCUT2D eigenvalue weighted by Gasteiger charge is 2.22. The molecule has 0 bridgehead atoms. The first-order valence-corrected chi connectivity index (χ1v) is 20.1. The van der Waals surface area contributed by atoms with E-state index in [1.165, 1.54) is 64.9 Å². The first-order valence-electron chi connectivity index (χ1n) is 19.3. The summed E-state index contributed by atoms with van der Waals surface area (Å²) < 4.78 is 5.74. The predicted octanol–water partition coefficient (Wildman–Crippen LogP) is 14.0. The zero-order valence-corrected chi connectivity index (χ0v) is 31.5. The van der Waals surface area contributed by atoms with Gasteiger partial charge in [0.1, 0.15) is 0 Å². The third-order valence-electron chi connectivity index (χ3n) is 11.3. The molecule has 4 nitrogen and oxygen atoms in total. The Balaban J connectivity index is 1.12. The summed E-state index contributed by atoms with van der Waals surface area (Å²) in [5.74, 6) is 0.662. The first kappa shape index (κ1) is 32.0. The summed E-state index contributed by atoms with van der Waals surface area (Å²) in [5.41, 5.74) is 12.2. The van der Waals surface area contributed by atoms with E-state index in [2.05, 4.69) is 203 Å². The molecule has 8 aromatic carbocycles. The average Bonchev–Trinajstić information content (AvgIpc) is 3.97. The second-order valence-corrected chi connectivity index (χ2v) is 15.6. The van der Waals surface area contributed by atoms with Crippen molar-refractivity contribution >= 4 is 75.9 Å². The summed E-state index contributed by atoms with van der Waals surface area (Å²) >= 11 is 1.75. The SMILES string of the molecule is c1ccc(-c2cc3nc(-n4c5ccccc5c5c(-c6ccc7c(c6)c6c8ccccc8ccc6n7-c6ccccc6)cccc54)nc(-c4ccccc4)c3s2)cc1. The predicted molar refractivity (Wildman–Crippen MR) is 240 cm³/mol. The Labute approximate surface area is 332 Å². The molecule has 0 aliphatic rings. The molecule has 5 heteroatoms. The highest BCUT2D eigenvalue weighted by molar-refractivity contribution is 7.22. The van der Waals surface area contributed by atoms with Crippen molar-refractivity contribution in [3.63, 3.8) is 0 Å². The van der Waals surface area contributed by atoms with Crippen LogP contribution in [0.4, 0.5) is 0 Å². The third kappa shape index (κ3) is 4.93. The van der Waals surface area contributed by atoms with Crippen LogP contribution in [0.2, 0.25) is 0 Å². The molecule has 12 rings (SSSR count). The molecule has 0 unspecified atom stereocenters. The van der Waals surface area contributed by atoms with Crippen molar-refractivity contribution in [2.75, 3.05) is 0 Å². The van der Waals surface area contributed by atoms with Crippen molar-refractivity contribution in [1.82, 2.24) is 19.1 Å². The number of rotatable bonds is 5. The smallest absolute Gasteiger partial charge is 0.235 e. The number of para-hydroxylation sites is 2. The molecular weight excluding hydrogens is 713 g/mol. The van der Waals surface area contributed by atoms with E-state index in [0.29, 0.717) is 5.95 Å². The van der Waals surface area contributed by atoms with Crippen molar-refractivity contribution in [3.8, 4) is 44.5 Å². The maximum Gasteiger partial charge on any atom is 0.235 e. The van der Waals surface area contributed by atoms with Crippen LogP contribution in [0.5, 0.6) is 0 Å². The van der Waals surface area contributed by atoms with E-state index >= 15 is 0 Å². The lowest BCUT2D eigenvalue weighted by atomic mass is 9.97. The number of hydrogen-bond acceptors (Lipinski definition) is 3. The normalized spacial score (nSPS) is 11.9. The van der Waals surface area contributed by atoms with Gasteiger partial charge in [0.05, 0.1) is 38.0 Å². The number of benzene rings is 8. The van der Waals surface area contributed by atoms with Gasteiger partial charge in [-0.1, -0.05) is 146 Å². The van der Waals surface area contributed by atoms with Gasteiger partial charge < -0.3 is 4.57 Å². The van der Waals surface area contributed by atoms with Gasteiger partial charge in [-0.3, -0.25) is 4.57 Å². The molecule has 57 heavy (non-hydrogen) atoms. The van der Waals surface area contributed by atoms with Crippen LogP contribution < -0.4 is 0 Å². The number of nitrogens with zero attached hydrogens (tertiary/aromatic N) is 4. The zero-order chi connectivity index (χ0) is 37.5. The van der Waals surface area contributed by atoms with E-state index < -0.39 is 0 Å². The van der Waals surface area contributed by atoms with Gasteiger partial charge in [0.15, 0.2) is 0 Å². The monoisotopic (exact) mass is 744 g/mol. The number of fused-ring (bicyclic) bond motifs is 9. The summed E-state index contributed by atoms with van der Waals surface area (Å²) in [6.45, 7) is 0. The minimum Gasteiger partial charge on any atom is -0.309 e. The topological polar surface area (TPSA) is 35.6 Å². The van der Waals surface area contributed by atoms with Crippen LogP contribution in [0, 0.1) is 0 Å². The molecule has 0 radical (unpaired) electrons. The molecule has 0 N–H and O–H groups in total. The molecular formula is C52H32N4S. The molecule has 12 aromatic rings. The summed E-state index contributed by atoms with van der Waals surface area (Å²) in [4.78, 5) is 11.9. The standard InChI is InChI=1S/C52H32N4S/c1-4-16-34(17-5-1)47-32-42-51(57-47)50(35-18-6-2-7-19-35)54-52(53-42)56-43-25-13-12-23-40(43)48-39(24-14-26-45(48)56)36-28-29-44-41(31-36)49-38-22-11-10-15-33(38)27-30-46(49)55(44)37-20-8-3-9-21-37/h1-32H. The van der Waals surface area contributed by atoms with Gasteiger partial charge in [-0.2, -0.15) is 0 Å². The fraction of sp³-hybridized carbons (Fsp3) is 0. The molecule has 0 spiro atoms. The third-order valence-corrected chi connectivity index (χ3v) is 12.5. The Morgan fingerprint density at radius 2 is 1.05 bits per heavy atom. The fourth-order valence-corrected chi connectivity index (χ4v) is 9.96. The Morgan fingerprint density at radius 3 is 1.88 bits per heavy atom. The lowest BCUT2D eigenvalue weighted by molar-refractivity contribution is 1.02. The van der Waals surface area contributed by atoms with Crippen molar-refractivity contribution < 1.29 is 0 Å². The summed E-state index contributed by atoms with van der Waals surface area (Å²) in [5, 5.41) is 7.35. The maximum absolute atomic E-state index is 5.42. The maximum atomic E-state index is 5.42. The number of thiophene rings is 1. The highest BCUT2D eigenvalue weighted by atomic mass is 32.1. The molecule has 0 amide bonds. The van der Waals surface area contributed by atoms with Gasteiger partial charge >= 0.3 is 0 Å². The van der Waals surface area contributed by atoms with Crippen LogP contribution in [0.25, 0.3) is 109 Å². The zero-order valence-electron chi connectivity index (χ0n) is 30.7. The van der Waals surface area contributed by atoms with Crippen molar-refractivity contribution in [2.45, 2.75) is 0 Å². The minimum atomic E-state index is 0.662. The van der Waals surface area contributed by atoms with Gasteiger partial charge in [-0.05, 0) is 76.0 Å². The Morgan fingerprint density at radius 1 is 0.404 bits per heavy atom. The van der Waals surface area contributed by atoms with E-state index in [-0.39, 0.29) is 0 Å². The number of aromatic nitrogens is 4. The lowest BCUT2D eigenvalue weighted by Crippen LogP contribution is -2.02. The second kappa shape index (κ2) is 12.6. The summed E-state index contributed by atoms with van der Waals surface area (Å²) in [7, 11) is 0. The summed E-state index contributed by atoms with van der Waals surface area (Å²) in [6.07, 6.45) is 0. The quantitative estimate of drug-likeness (QED) is 0.176. The van der Waals surface area contributed by atoms with E-state index in [4.69, 9.17) is 9.97 Å². The van der Waals surface area contributed by atoms with Gasteiger partial charge in [0, 0.05) is 37.7 Å². The Bertz CT molecular complexity index is 3510. The van der Waals surface area contributed by atoms with E-state index in [0.717, 1.165) is 38.2 Å². The molecule has 0 aliphatic carbocycles. The average molecular weight is 745 g/mol. The number of hydrogen-bond donors (Lipinski definition) is 0. The molecule has 0 fully saturated rings. The van der Waals surface area contributed by atoms with Crippen molar-refractivity contribution in [3.05, 3.63) is 194 Å². The summed E-state index contributed by atoms with van der Waals surface area (Å²) in [6, 6.07) is 69.6. The molecule has 4 aromatic heterocycles. The minimum absolute atomic E-state index is 0.662. The molecule has 0 atom stereocenters. The van der Waals surface area contributed by atoms with Crippen LogP contribution in [-0.2, 0) is 0 Å². The van der Waals surface area contributed by atoms with Crippen LogP contribution in [-0.4, -0.2) is 19.1 Å². The van der Waals surface area contributed by atoms with Gasteiger partial charge in [0.2, 0.25) is 5.95 Å². The molecule has 266 valence electrons. The van der Waals surface area contributed by atoms with Crippen molar-refractivity contribution in [2.24, 2.45) is 0 Å². The van der Waals surface area contributed by atoms with Gasteiger partial charge in [-0.15, -0.1) is 11.3 Å². The van der Waals surface area contributed by atoms with E-state index in [1.807, 2.05) is 0 Å². The Kier molecular flexibility index (Phi) is 7.06. The second-order valence-electron chi connectivity index (χ2n) is 14.6. The van der Waals surface area contributed by atoms with Crippen LogP contribution in [0.1, 0.15) is 0 Å².